The molecule has 0 radical (unpaired) electrons. The molecule has 2 aromatic rings. The molecule has 0 aliphatic carbocycles. The third-order valence-electron chi connectivity index (χ3n) is 15.8. The second kappa shape index (κ2) is 24.4. The van der Waals surface area contributed by atoms with Crippen LogP contribution in [0.1, 0.15) is 119 Å². The van der Waals surface area contributed by atoms with Gasteiger partial charge in [0.05, 0.1) is 47.2 Å². The van der Waals surface area contributed by atoms with Crippen molar-refractivity contribution in [2.45, 2.75) is 212 Å². The maximum atomic E-state index is 14.5. The third-order valence-corrected chi connectivity index (χ3v) is 15.8. The molecule has 3 fully saturated rings. The lowest BCUT2D eigenvalue weighted by molar-refractivity contribution is -0.318. The van der Waals surface area contributed by atoms with Crippen molar-refractivity contribution >= 4 is 11.7 Å². The van der Waals surface area contributed by atoms with Gasteiger partial charge in [0.2, 0.25) is 0 Å². The van der Waals surface area contributed by atoms with E-state index in [4.69, 9.17) is 28.4 Å². The summed E-state index contributed by atoms with van der Waals surface area (Å²) in [4.78, 5) is 22.8. The van der Waals surface area contributed by atoms with Gasteiger partial charge in [-0.1, -0.05) is 50.3 Å². The molecule has 0 unspecified atom stereocenters. The standard InChI is InChI=1S/C52H88N6O12/c1-16-41-52(11,64)45(60)35(7)57(14)28-30(2)26-50(9,63)47(32(4)44(33(5)48(62)68-41)69-42-27-51(10,65-15)46(61)36(8)67-42)70-49-43(59)40(25-31(3)66-49)56(13)23-22-39-29-58(55-54-39)24-21-37-17-19-38(20-18-37)34(6)53-12/h17-20,29-33,35-36,40-47,49,59-61,63-64H,16,21-28H2,1-15H3/b53-34-/t30-,31-,32+,33-,35-,36+,40+,41-,42+,43-,44+,45-,46+,47-,49+,50-,51-,52-/m1/s1. The zero-order valence-corrected chi connectivity index (χ0v) is 44.7. The first-order valence-electron chi connectivity index (χ1n) is 25.4. The van der Waals surface area contributed by atoms with Gasteiger partial charge in [0.25, 0.3) is 0 Å². The van der Waals surface area contributed by atoms with Crippen molar-refractivity contribution in [3.63, 3.8) is 0 Å². The number of likely N-dealkylation sites (N-methyl/N-ethyl adjacent to an activating group) is 2. The van der Waals surface area contributed by atoms with Crippen LogP contribution in [0.3, 0.4) is 0 Å². The quantitative estimate of drug-likeness (QED) is 0.134. The fourth-order valence-corrected chi connectivity index (χ4v) is 11.0. The highest BCUT2D eigenvalue weighted by atomic mass is 16.7. The molecule has 3 aliphatic rings. The Hall–Kier alpha value is -2.98. The summed E-state index contributed by atoms with van der Waals surface area (Å²) >= 11 is 0. The van der Waals surface area contributed by atoms with Gasteiger partial charge in [0.15, 0.2) is 12.6 Å². The van der Waals surface area contributed by atoms with Crippen molar-refractivity contribution in [1.82, 2.24) is 24.8 Å². The zero-order valence-electron chi connectivity index (χ0n) is 44.7. The van der Waals surface area contributed by atoms with Crippen LogP contribution in [0, 0.1) is 17.8 Å². The largest absolute Gasteiger partial charge is 0.459 e. The fraction of sp³-hybridized carbons (Fsp3) is 0.808. The van der Waals surface area contributed by atoms with Crippen molar-refractivity contribution in [3.8, 4) is 0 Å². The van der Waals surface area contributed by atoms with Gasteiger partial charge in [0, 0.05) is 76.5 Å². The second-order valence-corrected chi connectivity index (χ2v) is 21.7. The van der Waals surface area contributed by atoms with E-state index in [0.717, 1.165) is 23.4 Å². The number of aliphatic imine (C=N–C) groups is 1. The Bertz CT molecular complexity index is 1990. The second-order valence-electron chi connectivity index (χ2n) is 21.7. The topological polar surface area (TPSA) is 223 Å². The molecule has 4 heterocycles. The van der Waals surface area contributed by atoms with Crippen LogP contribution in [0.15, 0.2) is 35.5 Å². The summed E-state index contributed by atoms with van der Waals surface area (Å²) < 4.78 is 40.2. The number of ether oxygens (including phenoxy) is 6. The van der Waals surface area contributed by atoms with E-state index >= 15 is 0 Å². The van der Waals surface area contributed by atoms with Gasteiger partial charge in [-0.15, -0.1) is 5.10 Å². The van der Waals surface area contributed by atoms with Crippen LogP contribution in [0.2, 0.25) is 0 Å². The Morgan fingerprint density at radius 1 is 0.971 bits per heavy atom. The van der Waals surface area contributed by atoms with Crippen molar-refractivity contribution in [1.29, 1.82) is 0 Å². The molecule has 1 aromatic carbocycles. The molecule has 0 spiro atoms. The molecule has 18 nitrogen and oxygen atoms in total. The monoisotopic (exact) mass is 989 g/mol. The molecule has 3 saturated heterocycles. The van der Waals surface area contributed by atoms with Gasteiger partial charge >= 0.3 is 5.97 Å². The predicted octanol–water partition coefficient (Wildman–Crippen LogP) is 3.79. The minimum Gasteiger partial charge on any atom is -0.459 e. The molecule has 0 amide bonds. The maximum Gasteiger partial charge on any atom is 0.311 e. The molecular weight excluding hydrogens is 901 g/mol. The molecular formula is C52H88N6O12. The van der Waals surface area contributed by atoms with Crippen molar-refractivity contribution < 1.29 is 58.7 Å². The van der Waals surface area contributed by atoms with E-state index in [1.807, 2.05) is 57.6 Å². The minimum absolute atomic E-state index is 0.109. The Kier molecular flexibility index (Phi) is 20.2. The van der Waals surface area contributed by atoms with Crippen LogP contribution < -0.4 is 0 Å². The number of aromatic nitrogens is 3. The van der Waals surface area contributed by atoms with E-state index in [0.29, 0.717) is 32.5 Å². The summed E-state index contributed by atoms with van der Waals surface area (Å²) in [6, 6.07) is 7.43. The number of cyclic esters (lactones) is 1. The number of methoxy groups -OCH3 is 1. The number of nitrogens with zero attached hydrogens (tertiary/aromatic N) is 6. The van der Waals surface area contributed by atoms with Crippen LogP contribution in [-0.2, 0) is 52.6 Å². The van der Waals surface area contributed by atoms with E-state index in [9.17, 15) is 30.3 Å². The van der Waals surface area contributed by atoms with E-state index < -0.39 is 102 Å². The first-order valence-corrected chi connectivity index (χ1v) is 25.4. The van der Waals surface area contributed by atoms with Crippen LogP contribution in [0.25, 0.3) is 0 Å². The van der Waals surface area contributed by atoms with Gasteiger partial charge in [-0.05, 0) is 112 Å². The average Bonchev–Trinajstić information content (AvgIpc) is 3.78. The number of rotatable bonds is 14. The van der Waals surface area contributed by atoms with Crippen molar-refractivity contribution in [3.05, 3.63) is 47.3 Å². The van der Waals surface area contributed by atoms with E-state index in [1.54, 1.807) is 48.6 Å². The van der Waals surface area contributed by atoms with E-state index in [2.05, 4.69) is 44.5 Å². The van der Waals surface area contributed by atoms with Gasteiger partial charge < -0.3 is 63.8 Å². The van der Waals surface area contributed by atoms with Crippen LogP contribution in [-0.4, -0.2) is 194 Å². The number of hydrogen-bond donors (Lipinski definition) is 5. The number of benzene rings is 1. The molecule has 5 rings (SSSR count). The molecule has 398 valence electrons. The van der Waals surface area contributed by atoms with Crippen LogP contribution in [0.5, 0.6) is 0 Å². The number of aryl methyl sites for hydroxylation is 2. The molecule has 18 atom stereocenters. The lowest BCUT2D eigenvalue weighted by atomic mass is 9.77. The molecule has 3 aliphatic heterocycles. The fourth-order valence-electron chi connectivity index (χ4n) is 11.0. The molecule has 0 saturated carbocycles. The first kappa shape index (κ1) is 57.9. The van der Waals surface area contributed by atoms with Crippen LogP contribution in [0.4, 0.5) is 0 Å². The van der Waals surface area contributed by atoms with Crippen LogP contribution >= 0.6 is 0 Å². The van der Waals surface area contributed by atoms with Gasteiger partial charge in [-0.25, -0.2) is 0 Å². The molecule has 18 heteroatoms. The number of aliphatic hydroxyl groups excluding tert-OH is 3. The highest BCUT2D eigenvalue weighted by Crippen LogP contribution is 2.40. The van der Waals surface area contributed by atoms with Crippen molar-refractivity contribution in [2.75, 3.05) is 41.3 Å². The highest BCUT2D eigenvalue weighted by Gasteiger charge is 2.53. The zero-order chi connectivity index (χ0) is 52.0. The van der Waals surface area contributed by atoms with Gasteiger partial charge in [-0.2, -0.15) is 0 Å². The highest BCUT2D eigenvalue weighted by molar-refractivity contribution is 5.98. The summed E-state index contributed by atoms with van der Waals surface area (Å²) in [5.41, 5.74) is -0.394. The van der Waals surface area contributed by atoms with Gasteiger partial charge in [0.1, 0.15) is 30.0 Å². The Labute approximate surface area is 417 Å². The average molecular weight is 989 g/mol. The molecule has 0 bridgehead atoms. The summed E-state index contributed by atoms with van der Waals surface area (Å²) in [6.07, 6.45) is -5.54. The normalized spacial score (nSPS) is 40.2. The minimum atomic E-state index is -1.83. The molecule has 70 heavy (non-hydrogen) atoms. The predicted molar refractivity (Wildman–Crippen MR) is 265 cm³/mol. The van der Waals surface area contributed by atoms with E-state index in [1.165, 1.54) is 19.6 Å². The number of esters is 1. The lowest BCUT2D eigenvalue weighted by Gasteiger charge is -2.49. The van der Waals surface area contributed by atoms with Crippen molar-refractivity contribution in [2.24, 2.45) is 22.7 Å². The summed E-state index contributed by atoms with van der Waals surface area (Å²) in [5.74, 6) is -2.74. The lowest BCUT2D eigenvalue weighted by Crippen LogP contribution is -2.61. The Morgan fingerprint density at radius 2 is 1.64 bits per heavy atom. The Morgan fingerprint density at radius 3 is 2.27 bits per heavy atom. The number of hydrogen-bond acceptors (Lipinski definition) is 17. The maximum absolute atomic E-state index is 14.5. The van der Waals surface area contributed by atoms with E-state index in [-0.39, 0.29) is 31.3 Å². The summed E-state index contributed by atoms with van der Waals surface area (Å²) in [6.45, 7) is 21.3. The number of carbonyl (C=O) groups excluding carboxylic acids is 1. The summed E-state index contributed by atoms with van der Waals surface area (Å²) in [5, 5.41) is 68.5. The molecule has 1 aromatic heterocycles. The smallest absolute Gasteiger partial charge is 0.311 e. The molecule has 5 N–H and O–H groups in total. The number of aliphatic hydroxyl groups is 5. The third kappa shape index (κ3) is 13.8. The van der Waals surface area contributed by atoms with Gasteiger partial charge in [-0.3, -0.25) is 14.5 Å². The number of carbonyl (C=O) groups is 1. The first-order chi connectivity index (χ1) is 32.8. The summed E-state index contributed by atoms with van der Waals surface area (Å²) in [7, 11) is 7.10. The SMILES string of the molecule is CC[C@H]1OC(=O)[C@H](C)[C@@H](O[C@H]2C[C@@](C)(OC)[C@@H](O)[C@H](C)O2)[C@H](C)[C@@H](O[C@@H]2O[C@H](C)C[C@H](N(C)CCc3cn(CCc4ccc(/C(C)=N\C)cc4)nn3)[C@H]2O)[C@](C)(O)C[C@@H](C)CN(C)[C@H](C)[C@@H](O)[C@]1(C)O. The Balaban J connectivity index is 1.41.